The maximum atomic E-state index is 3.58. The van der Waals surface area contributed by atoms with Gasteiger partial charge in [0.25, 0.3) is 0 Å². The maximum Gasteiger partial charge on any atom is 0.0302 e. The molecule has 0 aromatic carbocycles. The molecule has 1 heterocycles. The molecule has 0 aliphatic rings. The lowest BCUT2D eigenvalue weighted by Gasteiger charge is -2.20. The van der Waals surface area contributed by atoms with Gasteiger partial charge >= 0.3 is 0 Å². The Kier molecular flexibility index (Phi) is 4.46. The largest absolute Gasteiger partial charge is 0.309 e. The molecule has 1 atom stereocenters. The van der Waals surface area contributed by atoms with Crippen LogP contribution in [0.4, 0.5) is 0 Å². The fourth-order valence-corrected chi connectivity index (χ4v) is 2.15. The zero-order chi connectivity index (χ0) is 9.68. The van der Waals surface area contributed by atoms with Crippen molar-refractivity contribution in [1.29, 1.82) is 0 Å². The number of rotatable bonds is 5. The minimum Gasteiger partial charge on any atom is -0.309 e. The summed E-state index contributed by atoms with van der Waals surface area (Å²) in [6.07, 6.45) is 1.21. The minimum atomic E-state index is 0.655. The van der Waals surface area contributed by atoms with E-state index >= 15 is 0 Å². The van der Waals surface area contributed by atoms with Crippen molar-refractivity contribution in [1.82, 2.24) is 5.32 Å². The van der Waals surface area contributed by atoms with Gasteiger partial charge < -0.3 is 5.32 Å². The van der Waals surface area contributed by atoms with E-state index in [2.05, 4.69) is 43.6 Å². The molecule has 13 heavy (non-hydrogen) atoms. The van der Waals surface area contributed by atoms with Gasteiger partial charge in [0.05, 0.1) is 0 Å². The molecule has 0 saturated heterocycles. The summed E-state index contributed by atoms with van der Waals surface area (Å²) >= 11 is 1.82. The lowest BCUT2D eigenvalue weighted by atomic mass is 10.0. The summed E-state index contributed by atoms with van der Waals surface area (Å²) < 4.78 is 0. The van der Waals surface area contributed by atoms with Crippen molar-refractivity contribution in [2.24, 2.45) is 5.92 Å². The first-order valence-corrected chi connectivity index (χ1v) is 5.87. The van der Waals surface area contributed by atoms with Crippen LogP contribution in [0.5, 0.6) is 0 Å². The van der Waals surface area contributed by atoms with E-state index in [0.29, 0.717) is 6.04 Å². The topological polar surface area (TPSA) is 12.0 Å². The second-order valence-corrected chi connectivity index (χ2v) is 4.75. The van der Waals surface area contributed by atoms with Crippen LogP contribution < -0.4 is 5.32 Å². The van der Waals surface area contributed by atoms with E-state index < -0.39 is 0 Å². The third kappa shape index (κ3) is 3.49. The molecule has 1 N–H and O–H groups in total. The number of hydrogen-bond donors (Lipinski definition) is 1. The Morgan fingerprint density at radius 3 is 2.69 bits per heavy atom. The number of nitrogens with one attached hydrogen (secondary N) is 1. The van der Waals surface area contributed by atoms with Crippen LogP contribution in [0.2, 0.25) is 0 Å². The van der Waals surface area contributed by atoms with Crippen LogP contribution in [0.25, 0.3) is 0 Å². The third-order valence-corrected chi connectivity index (χ3v) is 3.24. The van der Waals surface area contributed by atoms with Crippen LogP contribution >= 0.6 is 11.3 Å². The fourth-order valence-electron chi connectivity index (χ4n) is 1.50. The van der Waals surface area contributed by atoms with Crippen molar-refractivity contribution in [3.8, 4) is 0 Å². The predicted octanol–water partition coefficient (Wildman–Crippen LogP) is 3.27. The summed E-state index contributed by atoms with van der Waals surface area (Å²) in [6, 6.07) is 4.95. The van der Waals surface area contributed by atoms with E-state index in [0.717, 1.165) is 12.5 Å². The highest BCUT2D eigenvalue weighted by atomic mass is 32.1. The smallest absolute Gasteiger partial charge is 0.0302 e. The predicted molar refractivity (Wildman–Crippen MR) is 60.1 cm³/mol. The first-order valence-electron chi connectivity index (χ1n) is 4.99. The van der Waals surface area contributed by atoms with Crippen LogP contribution in [0, 0.1) is 5.92 Å². The average molecular weight is 197 g/mol. The first kappa shape index (κ1) is 10.7. The minimum absolute atomic E-state index is 0.655. The van der Waals surface area contributed by atoms with Crippen LogP contribution in [0.1, 0.15) is 32.1 Å². The molecule has 0 aliphatic carbocycles. The van der Waals surface area contributed by atoms with Crippen LogP contribution in [0.3, 0.4) is 0 Å². The van der Waals surface area contributed by atoms with Crippen LogP contribution in [-0.4, -0.2) is 6.04 Å². The Bertz CT molecular complexity index is 216. The van der Waals surface area contributed by atoms with E-state index in [1.807, 2.05) is 11.3 Å². The van der Waals surface area contributed by atoms with Crippen LogP contribution in [-0.2, 0) is 6.54 Å². The summed E-state index contributed by atoms with van der Waals surface area (Å²) in [5.41, 5.74) is 0. The van der Waals surface area contributed by atoms with Gasteiger partial charge in [0.1, 0.15) is 0 Å². The fraction of sp³-hybridized carbons (Fsp3) is 0.636. The van der Waals surface area contributed by atoms with Crippen molar-refractivity contribution in [3.63, 3.8) is 0 Å². The van der Waals surface area contributed by atoms with Gasteiger partial charge in [-0.1, -0.05) is 26.8 Å². The van der Waals surface area contributed by atoms with Gasteiger partial charge in [0.2, 0.25) is 0 Å². The zero-order valence-corrected chi connectivity index (χ0v) is 9.53. The summed E-state index contributed by atoms with van der Waals surface area (Å²) in [7, 11) is 0. The Morgan fingerprint density at radius 1 is 1.46 bits per heavy atom. The number of hydrogen-bond acceptors (Lipinski definition) is 2. The molecule has 0 saturated carbocycles. The summed E-state index contributed by atoms with van der Waals surface area (Å²) in [5.74, 6) is 0.727. The van der Waals surface area contributed by atoms with Gasteiger partial charge in [-0.3, -0.25) is 0 Å². The van der Waals surface area contributed by atoms with Crippen molar-refractivity contribution < 1.29 is 0 Å². The Hall–Kier alpha value is -0.340. The second-order valence-electron chi connectivity index (χ2n) is 3.72. The van der Waals surface area contributed by atoms with E-state index in [4.69, 9.17) is 0 Å². The molecule has 1 nitrogen and oxygen atoms in total. The van der Waals surface area contributed by atoms with Gasteiger partial charge in [-0.25, -0.2) is 0 Å². The monoisotopic (exact) mass is 197 g/mol. The summed E-state index contributed by atoms with van der Waals surface area (Å²) in [6.45, 7) is 7.81. The van der Waals surface area contributed by atoms with E-state index in [1.54, 1.807) is 0 Å². The van der Waals surface area contributed by atoms with Crippen molar-refractivity contribution in [3.05, 3.63) is 22.4 Å². The number of thiophene rings is 1. The van der Waals surface area contributed by atoms with Crippen molar-refractivity contribution >= 4 is 11.3 Å². The molecule has 0 aliphatic heterocycles. The van der Waals surface area contributed by atoms with Gasteiger partial charge in [-0.05, 0) is 23.8 Å². The van der Waals surface area contributed by atoms with Crippen LogP contribution in [0.15, 0.2) is 17.5 Å². The highest BCUT2D eigenvalue weighted by molar-refractivity contribution is 7.09. The molecule has 74 valence electrons. The average Bonchev–Trinajstić information content (AvgIpc) is 2.57. The second kappa shape index (κ2) is 5.40. The first-order chi connectivity index (χ1) is 6.24. The van der Waals surface area contributed by atoms with Gasteiger partial charge in [-0.2, -0.15) is 0 Å². The molecule has 0 radical (unpaired) electrons. The molecule has 1 aromatic rings. The molecule has 0 unspecified atom stereocenters. The molecule has 0 amide bonds. The molecule has 1 rings (SSSR count). The highest BCUT2D eigenvalue weighted by Gasteiger charge is 2.09. The Labute approximate surface area is 85.2 Å². The molecular formula is C11H19NS. The van der Waals surface area contributed by atoms with Crippen molar-refractivity contribution in [2.75, 3.05) is 0 Å². The SMILES string of the molecule is CC[C@H](NCc1cccs1)C(C)C. The quantitative estimate of drug-likeness (QED) is 0.764. The van der Waals surface area contributed by atoms with E-state index in [-0.39, 0.29) is 0 Å². The molecule has 1 aromatic heterocycles. The molecule has 0 fully saturated rings. The normalized spacial score (nSPS) is 13.5. The Balaban J connectivity index is 2.32. The molecule has 2 heteroatoms. The van der Waals surface area contributed by atoms with Crippen molar-refractivity contribution in [2.45, 2.75) is 39.8 Å². The lowest BCUT2D eigenvalue weighted by molar-refractivity contribution is 0.389. The van der Waals surface area contributed by atoms with E-state index in [1.165, 1.54) is 11.3 Å². The zero-order valence-electron chi connectivity index (χ0n) is 8.71. The van der Waals surface area contributed by atoms with Gasteiger partial charge in [0, 0.05) is 17.5 Å². The maximum absolute atomic E-state index is 3.58. The molecular weight excluding hydrogens is 178 g/mol. The summed E-state index contributed by atoms with van der Waals surface area (Å²) in [4.78, 5) is 1.43. The third-order valence-electron chi connectivity index (χ3n) is 2.36. The molecule has 0 spiro atoms. The summed E-state index contributed by atoms with van der Waals surface area (Å²) in [5, 5.41) is 5.71. The standard InChI is InChI=1S/C11H19NS/c1-4-11(9(2)3)12-8-10-6-5-7-13-10/h5-7,9,11-12H,4,8H2,1-3H3/t11-/m0/s1. The van der Waals surface area contributed by atoms with E-state index in [9.17, 15) is 0 Å². The Morgan fingerprint density at radius 2 is 2.23 bits per heavy atom. The van der Waals surface area contributed by atoms with Gasteiger partial charge in [-0.15, -0.1) is 11.3 Å². The van der Waals surface area contributed by atoms with Gasteiger partial charge in [0.15, 0.2) is 0 Å². The molecule has 0 bridgehead atoms. The lowest BCUT2D eigenvalue weighted by Crippen LogP contribution is -2.32. The highest BCUT2D eigenvalue weighted by Crippen LogP contribution is 2.10.